The molecule has 0 aliphatic heterocycles. The molecule has 0 saturated heterocycles. The molecule has 1 aromatic heterocycles. The van der Waals surface area contributed by atoms with Gasteiger partial charge in [0.1, 0.15) is 5.82 Å². The van der Waals surface area contributed by atoms with Crippen molar-refractivity contribution in [3.63, 3.8) is 0 Å². The van der Waals surface area contributed by atoms with Gasteiger partial charge in [-0.05, 0) is 29.8 Å². The van der Waals surface area contributed by atoms with Gasteiger partial charge in [0.25, 0.3) is 5.91 Å². The summed E-state index contributed by atoms with van der Waals surface area (Å²) in [5.41, 5.74) is 3.39. The number of fused-ring (bicyclic) bond motifs is 1. The fraction of sp³-hybridized carbons (Fsp3) is 0.200. The minimum atomic E-state index is -0.704. The number of benzene rings is 3. The Kier molecular flexibility index (Phi) is 6.72. The van der Waals surface area contributed by atoms with Crippen LogP contribution in [0.4, 0.5) is 0 Å². The molecule has 1 amide bonds. The van der Waals surface area contributed by atoms with Crippen LogP contribution in [-0.2, 0) is 24.4 Å². The molecule has 6 nitrogen and oxygen atoms in total. The number of aliphatic hydroxyl groups excluding tert-OH is 1. The minimum Gasteiger partial charge on any atom is -0.389 e. The van der Waals surface area contributed by atoms with E-state index in [1.54, 1.807) is 12.1 Å². The number of ether oxygens (including phenoxy) is 1. The molecule has 1 heterocycles. The molecule has 4 rings (SSSR count). The fourth-order valence-electron chi connectivity index (χ4n) is 3.47. The maximum Gasteiger partial charge on any atom is 0.251 e. The predicted molar refractivity (Wildman–Crippen MR) is 119 cm³/mol. The number of rotatable bonds is 9. The van der Waals surface area contributed by atoms with Crippen molar-refractivity contribution >= 4 is 16.9 Å². The van der Waals surface area contributed by atoms with E-state index in [4.69, 9.17) is 4.74 Å². The maximum atomic E-state index is 12.4. The summed E-state index contributed by atoms with van der Waals surface area (Å²) in [5, 5.41) is 13.5. The molecule has 4 aromatic rings. The van der Waals surface area contributed by atoms with E-state index in [0.717, 1.165) is 16.6 Å². The first kappa shape index (κ1) is 20.8. The van der Waals surface area contributed by atoms with Crippen molar-refractivity contribution in [3.05, 3.63) is 102 Å². The lowest BCUT2D eigenvalue weighted by atomic mass is 10.2. The van der Waals surface area contributed by atoms with Crippen LogP contribution in [0.3, 0.4) is 0 Å². The van der Waals surface area contributed by atoms with E-state index in [-0.39, 0.29) is 19.1 Å². The number of hydrogen-bond donors (Lipinski definition) is 2. The molecule has 31 heavy (non-hydrogen) atoms. The van der Waals surface area contributed by atoms with Gasteiger partial charge in [0, 0.05) is 5.56 Å². The summed E-state index contributed by atoms with van der Waals surface area (Å²) in [7, 11) is 0. The van der Waals surface area contributed by atoms with E-state index >= 15 is 0 Å². The van der Waals surface area contributed by atoms with E-state index in [2.05, 4.69) is 10.3 Å². The van der Waals surface area contributed by atoms with Gasteiger partial charge in [0.15, 0.2) is 0 Å². The second kappa shape index (κ2) is 10.0. The standard InChI is InChI=1S/C25H25N3O3/c29-21(18-31-17-19-9-3-1-4-10-19)16-28-23-14-8-7-13-22(23)27-24(28)15-26-25(30)20-11-5-2-6-12-20/h1-14,21,29H,15-18H2,(H,26,30)/t21-/m1/s1. The molecule has 0 aliphatic rings. The second-order valence-electron chi connectivity index (χ2n) is 7.33. The predicted octanol–water partition coefficient (Wildman–Crippen LogP) is 3.54. The molecule has 2 N–H and O–H groups in total. The number of nitrogens with one attached hydrogen (secondary N) is 1. The Balaban J connectivity index is 1.42. The summed E-state index contributed by atoms with van der Waals surface area (Å²) >= 11 is 0. The van der Waals surface area contributed by atoms with Crippen molar-refractivity contribution in [2.45, 2.75) is 25.8 Å². The summed E-state index contributed by atoms with van der Waals surface area (Å²) in [6.45, 7) is 1.24. The topological polar surface area (TPSA) is 76.4 Å². The first-order valence-electron chi connectivity index (χ1n) is 10.3. The number of aliphatic hydroxyl groups is 1. The smallest absolute Gasteiger partial charge is 0.251 e. The molecule has 158 valence electrons. The SMILES string of the molecule is O=C(NCc1nc2ccccc2n1C[C@@H](O)COCc1ccccc1)c1ccccc1. The van der Waals surface area contributed by atoms with E-state index in [1.165, 1.54) is 0 Å². The van der Waals surface area contributed by atoms with Gasteiger partial charge in [-0.2, -0.15) is 0 Å². The van der Waals surface area contributed by atoms with Crippen LogP contribution in [0.2, 0.25) is 0 Å². The van der Waals surface area contributed by atoms with Crippen LogP contribution in [-0.4, -0.2) is 33.3 Å². The van der Waals surface area contributed by atoms with Crippen LogP contribution < -0.4 is 5.32 Å². The number of carbonyl (C=O) groups is 1. The Morgan fingerprint density at radius 1 is 0.968 bits per heavy atom. The largest absolute Gasteiger partial charge is 0.389 e. The highest BCUT2D eigenvalue weighted by atomic mass is 16.5. The number of nitrogens with zero attached hydrogens (tertiary/aromatic N) is 2. The second-order valence-corrected chi connectivity index (χ2v) is 7.33. The number of carbonyl (C=O) groups excluding carboxylic acids is 1. The summed E-state index contributed by atoms with van der Waals surface area (Å²) in [5.74, 6) is 0.526. The lowest BCUT2D eigenvalue weighted by molar-refractivity contribution is 0.0205. The number of imidazole rings is 1. The lowest BCUT2D eigenvalue weighted by Crippen LogP contribution is -2.27. The normalized spacial score (nSPS) is 12.0. The molecule has 0 saturated carbocycles. The highest BCUT2D eigenvalue weighted by Crippen LogP contribution is 2.17. The average Bonchev–Trinajstić information content (AvgIpc) is 3.16. The number of aromatic nitrogens is 2. The van der Waals surface area contributed by atoms with E-state index in [9.17, 15) is 9.90 Å². The van der Waals surface area contributed by atoms with Gasteiger partial charge in [-0.1, -0.05) is 60.7 Å². The van der Waals surface area contributed by atoms with Crippen LogP contribution in [0.1, 0.15) is 21.7 Å². The number of amides is 1. The molecule has 0 spiro atoms. The molecule has 0 aliphatic carbocycles. The maximum absolute atomic E-state index is 12.4. The van der Waals surface area contributed by atoms with Crippen LogP contribution in [0, 0.1) is 0 Å². The lowest BCUT2D eigenvalue weighted by Gasteiger charge is -2.15. The van der Waals surface area contributed by atoms with Gasteiger partial charge in [-0.25, -0.2) is 4.98 Å². The minimum absolute atomic E-state index is 0.161. The van der Waals surface area contributed by atoms with Gasteiger partial charge in [-0.3, -0.25) is 4.79 Å². The molecule has 1 atom stereocenters. The quantitative estimate of drug-likeness (QED) is 0.438. The van der Waals surface area contributed by atoms with Crippen molar-refractivity contribution in [3.8, 4) is 0 Å². The molecule has 0 unspecified atom stereocenters. The summed E-state index contributed by atoms with van der Waals surface area (Å²) in [6, 6.07) is 26.7. The third-order valence-electron chi connectivity index (χ3n) is 4.99. The Morgan fingerprint density at radius 3 is 2.42 bits per heavy atom. The highest BCUT2D eigenvalue weighted by Gasteiger charge is 2.15. The monoisotopic (exact) mass is 415 g/mol. The van der Waals surface area contributed by atoms with Gasteiger partial charge < -0.3 is 19.7 Å². The van der Waals surface area contributed by atoms with Crippen LogP contribution in [0.25, 0.3) is 11.0 Å². The Labute approximate surface area is 181 Å². The van der Waals surface area contributed by atoms with Crippen LogP contribution in [0.5, 0.6) is 0 Å². The first-order valence-corrected chi connectivity index (χ1v) is 10.3. The molecule has 0 fully saturated rings. The van der Waals surface area contributed by atoms with Gasteiger partial charge in [0.2, 0.25) is 0 Å². The Morgan fingerprint density at radius 2 is 1.65 bits per heavy atom. The summed E-state index contributed by atoms with van der Waals surface area (Å²) < 4.78 is 7.63. The number of para-hydroxylation sites is 2. The molecule has 0 bridgehead atoms. The first-order chi connectivity index (χ1) is 15.2. The van der Waals surface area contributed by atoms with Crippen molar-refractivity contribution < 1.29 is 14.6 Å². The zero-order chi connectivity index (χ0) is 21.5. The molecule has 0 radical (unpaired) electrons. The zero-order valence-electron chi connectivity index (χ0n) is 17.1. The fourth-order valence-corrected chi connectivity index (χ4v) is 3.47. The van der Waals surface area contributed by atoms with Crippen molar-refractivity contribution in [1.29, 1.82) is 0 Å². The molecule has 6 heteroatoms. The summed E-state index contributed by atoms with van der Waals surface area (Å²) in [6.07, 6.45) is -0.704. The third-order valence-corrected chi connectivity index (χ3v) is 4.99. The molecular formula is C25H25N3O3. The summed E-state index contributed by atoms with van der Waals surface area (Å²) in [4.78, 5) is 17.1. The van der Waals surface area contributed by atoms with Crippen LogP contribution in [0.15, 0.2) is 84.9 Å². The third kappa shape index (κ3) is 5.36. The van der Waals surface area contributed by atoms with Crippen molar-refractivity contribution in [1.82, 2.24) is 14.9 Å². The average molecular weight is 415 g/mol. The van der Waals surface area contributed by atoms with Gasteiger partial charge in [-0.15, -0.1) is 0 Å². The highest BCUT2D eigenvalue weighted by molar-refractivity contribution is 5.94. The molecular weight excluding hydrogens is 390 g/mol. The molecule has 3 aromatic carbocycles. The van der Waals surface area contributed by atoms with Crippen LogP contribution >= 0.6 is 0 Å². The zero-order valence-corrected chi connectivity index (χ0v) is 17.1. The van der Waals surface area contributed by atoms with Crippen molar-refractivity contribution in [2.75, 3.05) is 6.61 Å². The number of hydrogen-bond acceptors (Lipinski definition) is 4. The Hall–Kier alpha value is -3.48. The van der Waals surface area contributed by atoms with Crippen molar-refractivity contribution in [2.24, 2.45) is 0 Å². The Bertz CT molecular complexity index is 1130. The van der Waals surface area contributed by atoms with Gasteiger partial charge in [0.05, 0.1) is 43.4 Å². The van der Waals surface area contributed by atoms with E-state index < -0.39 is 6.10 Å². The van der Waals surface area contributed by atoms with E-state index in [1.807, 2.05) is 77.4 Å². The van der Waals surface area contributed by atoms with Gasteiger partial charge >= 0.3 is 0 Å². The van der Waals surface area contributed by atoms with E-state index in [0.29, 0.717) is 24.5 Å².